The number of carbonyl (C=O) groups excluding carboxylic acids is 1. The van der Waals surface area contributed by atoms with Gasteiger partial charge in [0.25, 0.3) is 5.91 Å². The molecule has 1 amide bonds. The van der Waals surface area contributed by atoms with Gasteiger partial charge in [0, 0.05) is 17.1 Å². The number of aryl methyl sites for hydroxylation is 1. The van der Waals surface area contributed by atoms with Crippen molar-refractivity contribution in [3.63, 3.8) is 0 Å². The van der Waals surface area contributed by atoms with E-state index in [4.69, 9.17) is 4.42 Å². The molecule has 35 heavy (non-hydrogen) atoms. The van der Waals surface area contributed by atoms with Crippen LogP contribution in [0.4, 0.5) is 16.0 Å². The fourth-order valence-electron chi connectivity index (χ4n) is 3.89. The Bertz CT molecular complexity index is 1450. The van der Waals surface area contributed by atoms with Crippen molar-refractivity contribution in [2.75, 3.05) is 10.6 Å². The summed E-state index contributed by atoms with van der Waals surface area (Å²) in [7, 11) is 0. The van der Waals surface area contributed by atoms with Crippen LogP contribution < -0.4 is 10.6 Å². The maximum Gasteiger partial charge on any atom is 0.256 e. The zero-order valence-electron chi connectivity index (χ0n) is 18.9. The van der Waals surface area contributed by atoms with Gasteiger partial charge in [-0.15, -0.1) is 5.10 Å². The zero-order valence-corrected chi connectivity index (χ0v) is 21.3. The lowest BCUT2D eigenvalue weighted by Gasteiger charge is -2.27. The lowest BCUT2D eigenvalue weighted by Crippen LogP contribution is -2.31. The third-order valence-electron chi connectivity index (χ3n) is 5.65. The second-order valence-electron chi connectivity index (χ2n) is 8.02. The Morgan fingerprint density at radius 1 is 1.17 bits per heavy atom. The van der Waals surface area contributed by atoms with Gasteiger partial charge in [-0.3, -0.25) is 4.79 Å². The van der Waals surface area contributed by atoms with E-state index in [0.717, 1.165) is 11.3 Å². The molecule has 0 radical (unpaired) electrons. The minimum atomic E-state index is -0.642. The minimum absolute atomic E-state index is 0.270. The summed E-state index contributed by atoms with van der Waals surface area (Å²) in [6.07, 6.45) is 0. The van der Waals surface area contributed by atoms with Gasteiger partial charge < -0.3 is 15.1 Å². The van der Waals surface area contributed by atoms with Crippen LogP contribution in [0, 0.1) is 12.7 Å². The van der Waals surface area contributed by atoms with Crippen molar-refractivity contribution in [1.29, 1.82) is 0 Å². The summed E-state index contributed by atoms with van der Waals surface area (Å²) in [6, 6.07) is 17.1. The van der Waals surface area contributed by atoms with Gasteiger partial charge in [-0.05, 0) is 65.2 Å². The number of anilines is 2. The van der Waals surface area contributed by atoms with Gasteiger partial charge >= 0.3 is 0 Å². The van der Waals surface area contributed by atoms with Crippen LogP contribution >= 0.6 is 27.7 Å². The number of nitrogens with zero attached hydrogens (tertiary/aromatic N) is 3. The first-order valence-corrected chi connectivity index (χ1v) is 12.6. The number of rotatable bonds is 6. The van der Waals surface area contributed by atoms with E-state index in [1.54, 1.807) is 35.0 Å². The summed E-state index contributed by atoms with van der Waals surface area (Å²) in [6.45, 7) is 3.76. The number of aromatic nitrogens is 3. The maximum atomic E-state index is 14.1. The first kappa shape index (κ1) is 23.4. The van der Waals surface area contributed by atoms with Gasteiger partial charge in [-0.25, -0.2) is 9.07 Å². The number of amides is 1. The Morgan fingerprint density at radius 2 is 1.94 bits per heavy atom. The molecule has 1 unspecified atom stereocenters. The van der Waals surface area contributed by atoms with E-state index in [0.29, 0.717) is 44.1 Å². The Balaban J connectivity index is 1.48. The second kappa shape index (κ2) is 9.71. The predicted molar refractivity (Wildman–Crippen MR) is 137 cm³/mol. The Hall–Kier alpha value is -3.37. The molecule has 7 nitrogen and oxygen atoms in total. The predicted octanol–water partition coefficient (Wildman–Crippen LogP) is 6.30. The summed E-state index contributed by atoms with van der Waals surface area (Å²) < 4.78 is 22.1. The standard InChI is InChI=1S/C25H21BrFN5O2S/c1-14-7-3-6-10-18(14)29-23(33)21-15(2)28-24-30-25(35-13-16-8-4-5-9-17(16)27)31-32(24)22(21)19-11-12-20(26)34-19/h3-12,22H,13H2,1-2H3,(H,29,33)(H,28,30,31). The van der Waals surface area contributed by atoms with Crippen LogP contribution in [0.15, 0.2) is 86.2 Å². The number of furan rings is 1. The number of nitrogens with one attached hydrogen (secondary N) is 2. The smallest absolute Gasteiger partial charge is 0.256 e. The van der Waals surface area contributed by atoms with Crippen LogP contribution in [0.3, 0.4) is 0 Å². The summed E-state index contributed by atoms with van der Waals surface area (Å²) in [5, 5.41) is 11.3. The largest absolute Gasteiger partial charge is 0.452 e. The molecule has 5 rings (SSSR count). The molecule has 2 aromatic heterocycles. The van der Waals surface area contributed by atoms with Crippen molar-refractivity contribution in [2.24, 2.45) is 0 Å². The van der Waals surface area contributed by atoms with Gasteiger partial charge in [0.05, 0.1) is 5.57 Å². The van der Waals surface area contributed by atoms with E-state index in [1.807, 2.05) is 38.1 Å². The van der Waals surface area contributed by atoms with E-state index in [1.165, 1.54) is 17.8 Å². The molecule has 1 atom stereocenters. The third kappa shape index (κ3) is 4.76. The first-order chi connectivity index (χ1) is 16.9. The molecule has 0 saturated heterocycles. The second-order valence-corrected chi connectivity index (χ2v) is 9.74. The molecule has 4 aromatic rings. The van der Waals surface area contributed by atoms with Crippen LogP contribution in [0.25, 0.3) is 0 Å². The van der Waals surface area contributed by atoms with Crippen molar-refractivity contribution in [3.05, 3.63) is 99.3 Å². The van der Waals surface area contributed by atoms with Crippen molar-refractivity contribution in [2.45, 2.75) is 30.8 Å². The minimum Gasteiger partial charge on any atom is -0.452 e. The van der Waals surface area contributed by atoms with E-state index in [-0.39, 0.29) is 11.7 Å². The highest BCUT2D eigenvalue weighted by atomic mass is 79.9. The number of para-hydroxylation sites is 1. The Labute approximate surface area is 214 Å². The highest BCUT2D eigenvalue weighted by Crippen LogP contribution is 2.38. The molecule has 0 aliphatic carbocycles. The van der Waals surface area contributed by atoms with Gasteiger partial charge in [-0.2, -0.15) is 4.98 Å². The number of hydrogen-bond donors (Lipinski definition) is 2. The third-order valence-corrected chi connectivity index (χ3v) is 6.96. The lowest BCUT2D eigenvalue weighted by molar-refractivity contribution is -0.113. The molecule has 3 heterocycles. The Morgan fingerprint density at radius 3 is 2.69 bits per heavy atom. The van der Waals surface area contributed by atoms with Crippen molar-refractivity contribution >= 4 is 45.2 Å². The fourth-order valence-corrected chi connectivity index (χ4v) is 5.02. The van der Waals surface area contributed by atoms with Crippen LogP contribution in [0.2, 0.25) is 0 Å². The molecule has 2 aromatic carbocycles. The SMILES string of the molecule is CC1=C(C(=O)Nc2ccccc2C)C(c2ccc(Br)o2)n2nc(SCc3ccccc3F)nc2N1. The van der Waals surface area contributed by atoms with E-state index in [9.17, 15) is 9.18 Å². The first-order valence-electron chi connectivity index (χ1n) is 10.8. The molecule has 0 fully saturated rings. The average Bonchev–Trinajstić information content (AvgIpc) is 3.44. The number of fused-ring (bicyclic) bond motifs is 1. The van der Waals surface area contributed by atoms with Crippen molar-refractivity contribution in [1.82, 2.24) is 14.8 Å². The molecule has 1 aliphatic heterocycles. The lowest BCUT2D eigenvalue weighted by atomic mass is 10.00. The van der Waals surface area contributed by atoms with Gasteiger partial charge in [0.1, 0.15) is 17.6 Å². The highest BCUT2D eigenvalue weighted by Gasteiger charge is 2.36. The van der Waals surface area contributed by atoms with Crippen molar-refractivity contribution < 1.29 is 13.6 Å². The molecular weight excluding hydrogens is 533 g/mol. The van der Waals surface area contributed by atoms with E-state index < -0.39 is 6.04 Å². The molecule has 1 aliphatic rings. The van der Waals surface area contributed by atoms with Crippen LogP contribution in [-0.4, -0.2) is 20.7 Å². The molecular formula is C25H21BrFN5O2S. The monoisotopic (exact) mass is 553 g/mol. The molecule has 0 saturated carbocycles. The van der Waals surface area contributed by atoms with Crippen molar-refractivity contribution in [3.8, 4) is 0 Å². The molecule has 0 spiro atoms. The zero-order chi connectivity index (χ0) is 24.5. The topological polar surface area (TPSA) is 85.0 Å². The molecule has 10 heteroatoms. The fraction of sp³-hybridized carbons (Fsp3) is 0.160. The van der Waals surface area contributed by atoms with E-state index >= 15 is 0 Å². The quantitative estimate of drug-likeness (QED) is 0.272. The Kier molecular flexibility index (Phi) is 6.48. The summed E-state index contributed by atoms with van der Waals surface area (Å²) in [4.78, 5) is 18.1. The number of thioether (sulfide) groups is 1. The van der Waals surface area contributed by atoms with Gasteiger partial charge in [-0.1, -0.05) is 48.2 Å². The van der Waals surface area contributed by atoms with Crippen LogP contribution in [-0.2, 0) is 10.5 Å². The normalized spacial score (nSPS) is 15.0. The summed E-state index contributed by atoms with van der Waals surface area (Å²) in [5.41, 5.74) is 3.34. The van der Waals surface area contributed by atoms with Gasteiger partial charge in [0.2, 0.25) is 11.1 Å². The number of hydrogen-bond acceptors (Lipinski definition) is 6. The summed E-state index contributed by atoms with van der Waals surface area (Å²) in [5.74, 6) is 0.838. The van der Waals surface area contributed by atoms with Crippen LogP contribution in [0.5, 0.6) is 0 Å². The number of carbonyl (C=O) groups is 1. The van der Waals surface area contributed by atoms with E-state index in [2.05, 4.69) is 36.6 Å². The number of halogens is 2. The maximum absolute atomic E-state index is 14.1. The molecule has 2 N–H and O–H groups in total. The number of benzene rings is 2. The highest BCUT2D eigenvalue weighted by molar-refractivity contribution is 9.10. The van der Waals surface area contributed by atoms with Crippen LogP contribution in [0.1, 0.15) is 29.9 Å². The summed E-state index contributed by atoms with van der Waals surface area (Å²) >= 11 is 4.67. The van der Waals surface area contributed by atoms with Gasteiger partial charge in [0.15, 0.2) is 4.67 Å². The number of allylic oxidation sites excluding steroid dienone is 1. The molecule has 178 valence electrons. The average molecular weight is 554 g/mol. The molecule has 0 bridgehead atoms.